The van der Waals surface area contributed by atoms with Crippen LogP contribution in [0.5, 0.6) is 0 Å². The van der Waals surface area contributed by atoms with Gasteiger partial charge < -0.3 is 5.32 Å². The quantitative estimate of drug-likeness (QED) is 0.850. The predicted molar refractivity (Wildman–Crippen MR) is 65.0 cm³/mol. The summed E-state index contributed by atoms with van der Waals surface area (Å²) in [5.41, 5.74) is 0.520. The third kappa shape index (κ3) is 2.08. The summed E-state index contributed by atoms with van der Waals surface area (Å²) in [6, 6.07) is 3.96. The molecule has 1 nitrogen and oxygen atoms in total. The van der Waals surface area contributed by atoms with Gasteiger partial charge in [0.05, 0.1) is 0 Å². The summed E-state index contributed by atoms with van der Waals surface area (Å²) in [5.74, 6) is -0.465. The van der Waals surface area contributed by atoms with E-state index in [1.165, 1.54) is 6.07 Å². The van der Waals surface area contributed by atoms with Crippen molar-refractivity contribution in [1.29, 1.82) is 0 Å². The molecule has 1 aliphatic carbocycles. The lowest BCUT2D eigenvalue weighted by Gasteiger charge is -2.49. The Bertz CT molecular complexity index is 405. The zero-order valence-electron chi connectivity index (χ0n) is 10.4. The van der Waals surface area contributed by atoms with Gasteiger partial charge in [0.25, 0.3) is 0 Å². The molecule has 1 saturated carbocycles. The van der Waals surface area contributed by atoms with Gasteiger partial charge in [0.15, 0.2) is 0 Å². The Hall–Kier alpha value is -0.960. The second kappa shape index (κ2) is 4.73. The maximum Gasteiger partial charge on any atom is 0.129 e. The Labute approximate surface area is 101 Å². The molecule has 0 amide bonds. The van der Waals surface area contributed by atoms with Crippen LogP contribution >= 0.6 is 0 Å². The average molecular weight is 239 g/mol. The van der Waals surface area contributed by atoms with E-state index >= 15 is 0 Å². The van der Waals surface area contributed by atoms with Gasteiger partial charge in [-0.1, -0.05) is 19.9 Å². The number of rotatable bonds is 4. The summed E-state index contributed by atoms with van der Waals surface area (Å²) in [4.78, 5) is 0. The fourth-order valence-corrected chi connectivity index (χ4v) is 2.78. The molecule has 3 heteroatoms. The molecule has 0 aliphatic heterocycles. The van der Waals surface area contributed by atoms with Crippen molar-refractivity contribution in [1.82, 2.24) is 5.32 Å². The van der Waals surface area contributed by atoms with Gasteiger partial charge in [-0.25, -0.2) is 8.78 Å². The predicted octanol–water partition coefficient (Wildman–Crippen LogP) is 3.24. The third-order valence-corrected chi connectivity index (χ3v) is 4.12. The largest absolute Gasteiger partial charge is 0.316 e. The van der Waals surface area contributed by atoms with Crippen molar-refractivity contribution in [2.75, 3.05) is 13.1 Å². The highest BCUT2D eigenvalue weighted by Crippen LogP contribution is 2.49. The van der Waals surface area contributed by atoms with Crippen LogP contribution in [0.15, 0.2) is 18.2 Å². The van der Waals surface area contributed by atoms with Crippen LogP contribution in [-0.4, -0.2) is 13.1 Å². The smallest absolute Gasteiger partial charge is 0.129 e. The number of hydrogen-bond donors (Lipinski definition) is 1. The van der Waals surface area contributed by atoms with Crippen LogP contribution in [0.4, 0.5) is 8.78 Å². The summed E-state index contributed by atoms with van der Waals surface area (Å²) >= 11 is 0. The molecule has 0 aromatic heterocycles. The van der Waals surface area contributed by atoms with E-state index in [9.17, 15) is 8.78 Å². The Morgan fingerprint density at radius 2 is 2.18 bits per heavy atom. The minimum atomic E-state index is -0.503. The lowest BCUT2D eigenvalue weighted by atomic mass is 9.57. The van der Waals surface area contributed by atoms with Gasteiger partial charge in [-0.3, -0.25) is 0 Å². The first-order chi connectivity index (χ1) is 8.10. The number of likely N-dealkylation sites (N-methyl/N-ethyl adjacent to an activating group) is 1. The molecule has 0 spiro atoms. The average Bonchev–Trinajstić information content (AvgIpc) is 2.30. The summed E-state index contributed by atoms with van der Waals surface area (Å²) < 4.78 is 26.9. The molecule has 17 heavy (non-hydrogen) atoms. The van der Waals surface area contributed by atoms with Crippen molar-refractivity contribution in [2.24, 2.45) is 5.92 Å². The SMILES string of the molecule is CCNCC1(c2ccc(F)cc2F)CCC1C. The maximum atomic E-state index is 13.9. The maximum absolute atomic E-state index is 13.9. The topological polar surface area (TPSA) is 12.0 Å². The lowest BCUT2D eigenvalue weighted by Crippen LogP contribution is -2.50. The third-order valence-electron chi connectivity index (χ3n) is 4.12. The second-order valence-electron chi connectivity index (χ2n) is 5.00. The van der Waals surface area contributed by atoms with Crippen LogP contribution in [0.2, 0.25) is 0 Å². The van der Waals surface area contributed by atoms with Crippen LogP contribution < -0.4 is 5.32 Å². The highest BCUT2D eigenvalue weighted by atomic mass is 19.1. The number of benzene rings is 1. The van der Waals surface area contributed by atoms with Crippen molar-refractivity contribution in [3.05, 3.63) is 35.4 Å². The summed E-state index contributed by atoms with van der Waals surface area (Å²) in [6.45, 7) is 5.83. The number of nitrogens with one attached hydrogen (secondary N) is 1. The van der Waals surface area contributed by atoms with Crippen LogP contribution in [0.3, 0.4) is 0 Å². The molecular weight excluding hydrogens is 220 g/mol. The molecule has 1 N–H and O–H groups in total. The summed E-state index contributed by atoms with van der Waals surface area (Å²) in [7, 11) is 0. The minimum absolute atomic E-state index is 0.145. The first-order valence-electron chi connectivity index (χ1n) is 6.26. The number of hydrogen-bond acceptors (Lipinski definition) is 1. The molecule has 0 bridgehead atoms. The standard InChI is InChI=1S/C14H19F2N/c1-3-17-9-14(7-6-10(14)2)12-5-4-11(15)8-13(12)16/h4-5,8,10,17H,3,6-7,9H2,1-2H3. The first-order valence-corrected chi connectivity index (χ1v) is 6.26. The van der Waals surface area contributed by atoms with Crippen LogP contribution in [0.1, 0.15) is 32.3 Å². The van der Waals surface area contributed by atoms with Crippen molar-refractivity contribution < 1.29 is 8.78 Å². The van der Waals surface area contributed by atoms with Gasteiger partial charge in [-0.05, 0) is 36.9 Å². The molecule has 0 heterocycles. The van der Waals surface area contributed by atoms with E-state index in [4.69, 9.17) is 0 Å². The molecule has 1 fully saturated rings. The van der Waals surface area contributed by atoms with Crippen molar-refractivity contribution >= 4 is 0 Å². The van der Waals surface area contributed by atoms with Gasteiger partial charge in [0.2, 0.25) is 0 Å². The van der Waals surface area contributed by atoms with Crippen LogP contribution in [-0.2, 0) is 5.41 Å². The zero-order valence-corrected chi connectivity index (χ0v) is 10.4. The molecule has 2 rings (SSSR count). The molecule has 1 aromatic carbocycles. The van der Waals surface area contributed by atoms with E-state index in [1.807, 2.05) is 6.92 Å². The molecule has 0 radical (unpaired) electrons. The molecular formula is C14H19F2N. The Kier molecular flexibility index (Phi) is 3.48. The Morgan fingerprint density at radius 1 is 1.41 bits per heavy atom. The van der Waals surface area contributed by atoms with Gasteiger partial charge in [-0.15, -0.1) is 0 Å². The van der Waals surface area contributed by atoms with Gasteiger partial charge in [0, 0.05) is 18.0 Å². The van der Waals surface area contributed by atoms with Crippen LogP contribution in [0.25, 0.3) is 0 Å². The summed E-state index contributed by atoms with van der Waals surface area (Å²) in [5, 5.41) is 3.30. The Morgan fingerprint density at radius 3 is 2.65 bits per heavy atom. The monoisotopic (exact) mass is 239 g/mol. The molecule has 2 atom stereocenters. The molecule has 1 aromatic rings. The van der Waals surface area contributed by atoms with Crippen molar-refractivity contribution in [3.63, 3.8) is 0 Å². The highest BCUT2D eigenvalue weighted by molar-refractivity contribution is 5.32. The van der Waals surface area contributed by atoms with Crippen molar-refractivity contribution in [2.45, 2.75) is 32.1 Å². The van der Waals surface area contributed by atoms with E-state index in [-0.39, 0.29) is 5.41 Å². The van der Waals surface area contributed by atoms with Gasteiger partial charge >= 0.3 is 0 Å². The van der Waals surface area contributed by atoms with Crippen molar-refractivity contribution in [3.8, 4) is 0 Å². The van der Waals surface area contributed by atoms with E-state index in [1.54, 1.807) is 6.07 Å². The molecule has 0 saturated heterocycles. The molecule has 2 unspecified atom stereocenters. The van der Waals surface area contributed by atoms with E-state index < -0.39 is 11.6 Å². The fourth-order valence-electron chi connectivity index (χ4n) is 2.78. The van der Waals surface area contributed by atoms with Gasteiger partial charge in [0.1, 0.15) is 11.6 Å². The number of halogens is 2. The highest BCUT2D eigenvalue weighted by Gasteiger charge is 2.46. The normalized spacial score (nSPS) is 27.9. The van der Waals surface area contributed by atoms with E-state index in [0.29, 0.717) is 11.5 Å². The zero-order chi connectivity index (χ0) is 12.5. The molecule has 94 valence electrons. The summed E-state index contributed by atoms with van der Waals surface area (Å²) in [6.07, 6.45) is 2.09. The van der Waals surface area contributed by atoms with Gasteiger partial charge in [-0.2, -0.15) is 0 Å². The van der Waals surface area contributed by atoms with E-state index in [2.05, 4.69) is 12.2 Å². The minimum Gasteiger partial charge on any atom is -0.316 e. The molecule has 1 aliphatic rings. The van der Waals surface area contributed by atoms with E-state index in [0.717, 1.165) is 32.0 Å². The lowest BCUT2D eigenvalue weighted by molar-refractivity contribution is 0.130. The second-order valence-corrected chi connectivity index (χ2v) is 5.00. The van der Waals surface area contributed by atoms with Crippen LogP contribution in [0, 0.1) is 17.6 Å². The first kappa shape index (κ1) is 12.5. The fraction of sp³-hybridized carbons (Fsp3) is 0.571. The Balaban J connectivity index is 2.33.